The minimum Gasteiger partial charge on any atom is -0.466 e. The van der Waals surface area contributed by atoms with E-state index >= 15 is 0 Å². The number of amides is 1. The number of nitrogens with zero attached hydrogens (tertiary/aromatic N) is 1. The van der Waals surface area contributed by atoms with Crippen LogP contribution in [0, 0.1) is 0 Å². The molecule has 0 aliphatic rings. The Balaban J connectivity index is 2.62. The summed E-state index contributed by atoms with van der Waals surface area (Å²) in [6.07, 6.45) is 5.40. The van der Waals surface area contributed by atoms with E-state index in [0.717, 1.165) is 18.4 Å². The Morgan fingerprint density at radius 2 is 1.87 bits per heavy atom. The van der Waals surface area contributed by atoms with E-state index < -0.39 is 0 Å². The minimum atomic E-state index is -0.275. The average molecular weight is 338 g/mol. The van der Waals surface area contributed by atoms with Crippen LogP contribution in [0.1, 0.15) is 38.7 Å². The number of rotatable bonds is 9. The molecular formula is C18H24ClNO3. The average Bonchev–Trinajstić information content (AvgIpc) is 2.54. The van der Waals surface area contributed by atoms with Crippen molar-refractivity contribution in [3.8, 4) is 0 Å². The second-order valence-electron chi connectivity index (χ2n) is 5.12. The van der Waals surface area contributed by atoms with Crippen LogP contribution in [0.25, 0.3) is 6.08 Å². The van der Waals surface area contributed by atoms with Crippen molar-refractivity contribution in [1.82, 2.24) is 4.90 Å². The van der Waals surface area contributed by atoms with Crippen LogP contribution < -0.4 is 0 Å². The number of hydrogen-bond donors (Lipinski definition) is 0. The third-order valence-corrected chi connectivity index (χ3v) is 3.52. The van der Waals surface area contributed by atoms with E-state index in [1.54, 1.807) is 30.0 Å². The summed E-state index contributed by atoms with van der Waals surface area (Å²) < 4.78 is 4.91. The summed E-state index contributed by atoms with van der Waals surface area (Å²) in [5.41, 5.74) is 0.906. The highest BCUT2D eigenvalue weighted by atomic mass is 35.5. The topological polar surface area (TPSA) is 46.6 Å². The quantitative estimate of drug-likeness (QED) is 0.506. The van der Waals surface area contributed by atoms with Crippen LogP contribution in [0.4, 0.5) is 0 Å². The molecule has 0 spiro atoms. The second kappa shape index (κ2) is 10.8. The van der Waals surface area contributed by atoms with Crippen LogP contribution in [-0.4, -0.2) is 36.5 Å². The number of unbranched alkanes of at least 4 members (excludes halogenated alkanes) is 1. The lowest BCUT2D eigenvalue weighted by Gasteiger charge is -2.20. The lowest BCUT2D eigenvalue weighted by molar-refractivity contribution is -0.143. The SMILES string of the molecule is CCCCN(CCC(=O)OCC)C(=O)/C=C/c1ccc(Cl)cc1. The third kappa shape index (κ3) is 7.84. The summed E-state index contributed by atoms with van der Waals surface area (Å²) >= 11 is 5.84. The van der Waals surface area contributed by atoms with Crippen LogP contribution in [0.3, 0.4) is 0 Å². The molecule has 0 saturated heterocycles. The number of esters is 1. The molecule has 126 valence electrons. The maximum absolute atomic E-state index is 12.3. The predicted molar refractivity (Wildman–Crippen MR) is 93.2 cm³/mol. The van der Waals surface area contributed by atoms with Gasteiger partial charge >= 0.3 is 5.97 Å². The Bertz CT molecular complexity index is 526. The number of carbonyl (C=O) groups excluding carboxylic acids is 2. The van der Waals surface area contributed by atoms with Crippen LogP contribution in [0.15, 0.2) is 30.3 Å². The molecule has 0 heterocycles. The molecule has 1 aromatic rings. The zero-order valence-electron chi connectivity index (χ0n) is 13.8. The molecule has 1 rings (SSSR count). The number of hydrogen-bond acceptors (Lipinski definition) is 3. The fraction of sp³-hybridized carbons (Fsp3) is 0.444. The van der Waals surface area contributed by atoms with Crippen LogP contribution >= 0.6 is 11.6 Å². The lowest BCUT2D eigenvalue weighted by Crippen LogP contribution is -2.32. The van der Waals surface area contributed by atoms with Crippen molar-refractivity contribution >= 4 is 29.6 Å². The zero-order valence-corrected chi connectivity index (χ0v) is 14.5. The van der Waals surface area contributed by atoms with Gasteiger partial charge in [0.05, 0.1) is 13.0 Å². The Morgan fingerprint density at radius 1 is 1.17 bits per heavy atom. The Kier molecular flexibility index (Phi) is 9.07. The monoisotopic (exact) mass is 337 g/mol. The summed E-state index contributed by atoms with van der Waals surface area (Å²) in [7, 11) is 0. The first-order chi connectivity index (χ1) is 11.1. The summed E-state index contributed by atoms with van der Waals surface area (Å²) in [6.45, 7) is 5.21. The molecule has 0 aromatic heterocycles. The van der Waals surface area contributed by atoms with Crippen molar-refractivity contribution in [3.63, 3.8) is 0 Å². The summed E-state index contributed by atoms with van der Waals surface area (Å²) in [5.74, 6) is -0.374. The molecule has 1 amide bonds. The summed E-state index contributed by atoms with van der Waals surface area (Å²) in [4.78, 5) is 25.5. The number of carbonyl (C=O) groups is 2. The Labute approximate surface area is 143 Å². The van der Waals surface area contributed by atoms with Gasteiger partial charge in [0.2, 0.25) is 5.91 Å². The van der Waals surface area contributed by atoms with E-state index in [1.165, 1.54) is 6.08 Å². The van der Waals surface area contributed by atoms with Gasteiger partial charge in [0.1, 0.15) is 0 Å². The van der Waals surface area contributed by atoms with Gasteiger partial charge in [-0.2, -0.15) is 0 Å². The molecule has 0 aliphatic carbocycles. The minimum absolute atomic E-state index is 0.0994. The van der Waals surface area contributed by atoms with E-state index in [0.29, 0.717) is 24.7 Å². The molecule has 0 fully saturated rings. The number of benzene rings is 1. The van der Waals surface area contributed by atoms with E-state index in [4.69, 9.17) is 16.3 Å². The molecule has 0 unspecified atom stereocenters. The van der Waals surface area contributed by atoms with E-state index in [-0.39, 0.29) is 18.3 Å². The summed E-state index contributed by atoms with van der Waals surface area (Å²) in [6, 6.07) is 7.25. The zero-order chi connectivity index (χ0) is 17.1. The lowest BCUT2D eigenvalue weighted by atomic mass is 10.2. The maximum Gasteiger partial charge on any atom is 0.307 e. The highest BCUT2D eigenvalue weighted by molar-refractivity contribution is 6.30. The maximum atomic E-state index is 12.3. The fourth-order valence-electron chi connectivity index (χ4n) is 1.99. The highest BCUT2D eigenvalue weighted by Gasteiger charge is 2.12. The smallest absolute Gasteiger partial charge is 0.307 e. The fourth-order valence-corrected chi connectivity index (χ4v) is 2.11. The van der Waals surface area contributed by atoms with Gasteiger partial charge in [-0.15, -0.1) is 0 Å². The first-order valence-corrected chi connectivity index (χ1v) is 8.32. The third-order valence-electron chi connectivity index (χ3n) is 3.27. The molecule has 4 nitrogen and oxygen atoms in total. The largest absolute Gasteiger partial charge is 0.466 e. The van der Waals surface area contributed by atoms with Gasteiger partial charge < -0.3 is 9.64 Å². The highest BCUT2D eigenvalue weighted by Crippen LogP contribution is 2.11. The van der Waals surface area contributed by atoms with Crippen LogP contribution in [0.2, 0.25) is 5.02 Å². The van der Waals surface area contributed by atoms with Crippen molar-refractivity contribution in [1.29, 1.82) is 0 Å². The van der Waals surface area contributed by atoms with E-state index in [2.05, 4.69) is 6.92 Å². The molecule has 0 N–H and O–H groups in total. The van der Waals surface area contributed by atoms with Gasteiger partial charge in [-0.1, -0.05) is 37.1 Å². The summed E-state index contributed by atoms with van der Waals surface area (Å²) in [5, 5.41) is 0.660. The first-order valence-electron chi connectivity index (χ1n) is 7.95. The number of halogens is 1. The molecule has 23 heavy (non-hydrogen) atoms. The standard InChI is InChI=1S/C18H24ClNO3/c1-3-5-13-20(14-12-18(22)23-4-2)17(21)11-8-15-6-9-16(19)10-7-15/h6-11H,3-5,12-14H2,1-2H3/b11-8+. The normalized spacial score (nSPS) is 10.7. The van der Waals surface area contributed by atoms with Crippen LogP contribution in [-0.2, 0) is 14.3 Å². The molecular weight excluding hydrogens is 314 g/mol. The molecule has 0 radical (unpaired) electrons. The molecule has 1 aromatic carbocycles. The molecule has 0 saturated carbocycles. The van der Waals surface area contributed by atoms with Gasteiger partial charge in [-0.05, 0) is 37.1 Å². The van der Waals surface area contributed by atoms with Crippen LogP contribution in [0.5, 0.6) is 0 Å². The van der Waals surface area contributed by atoms with Crippen molar-refractivity contribution in [3.05, 3.63) is 40.9 Å². The second-order valence-corrected chi connectivity index (χ2v) is 5.56. The van der Waals surface area contributed by atoms with E-state index in [9.17, 15) is 9.59 Å². The predicted octanol–water partition coefficient (Wildman–Crippen LogP) is 3.94. The van der Waals surface area contributed by atoms with Gasteiger partial charge in [0, 0.05) is 24.2 Å². The molecule has 0 aliphatic heterocycles. The van der Waals surface area contributed by atoms with Gasteiger partial charge in [0.25, 0.3) is 0 Å². The first kappa shape index (κ1) is 19.2. The Morgan fingerprint density at radius 3 is 2.48 bits per heavy atom. The molecule has 0 atom stereocenters. The van der Waals surface area contributed by atoms with Crippen molar-refractivity contribution < 1.29 is 14.3 Å². The van der Waals surface area contributed by atoms with Crippen molar-refractivity contribution in [2.45, 2.75) is 33.1 Å². The van der Waals surface area contributed by atoms with Crippen molar-refractivity contribution in [2.24, 2.45) is 0 Å². The van der Waals surface area contributed by atoms with E-state index in [1.807, 2.05) is 12.1 Å². The van der Waals surface area contributed by atoms with Gasteiger partial charge in [-0.3, -0.25) is 9.59 Å². The van der Waals surface area contributed by atoms with Gasteiger partial charge in [-0.25, -0.2) is 0 Å². The molecule has 5 heteroatoms. The van der Waals surface area contributed by atoms with Crippen molar-refractivity contribution in [2.75, 3.05) is 19.7 Å². The Hall–Kier alpha value is -1.81. The molecule has 0 bridgehead atoms. The van der Waals surface area contributed by atoms with Gasteiger partial charge in [0.15, 0.2) is 0 Å². The number of ether oxygens (including phenoxy) is 1.